The van der Waals surface area contributed by atoms with E-state index in [0.29, 0.717) is 52.8 Å². The third-order valence-corrected chi connectivity index (χ3v) is 1.89. The van der Waals surface area contributed by atoms with Gasteiger partial charge in [-0.05, 0) is 0 Å². The largest absolute Gasteiger partial charge is 0.395 e. The average Bonchev–Trinajstić information content (AvgIpc) is 2.35. The molecule has 2 N–H and O–H groups in total. The molecule has 0 aromatic rings. The van der Waals surface area contributed by atoms with Gasteiger partial charge in [0, 0.05) is 20.2 Å². The van der Waals surface area contributed by atoms with Gasteiger partial charge in [0.05, 0.1) is 52.9 Å². The van der Waals surface area contributed by atoms with Crippen LogP contribution >= 0.6 is 0 Å². The van der Waals surface area contributed by atoms with Crippen molar-refractivity contribution in [1.82, 2.24) is 5.32 Å². The van der Waals surface area contributed by atoms with Crippen LogP contribution in [0.25, 0.3) is 0 Å². The summed E-state index contributed by atoms with van der Waals surface area (Å²) in [5, 5.41) is 11.5. The first-order valence-corrected chi connectivity index (χ1v) is 5.95. The van der Waals surface area contributed by atoms with Gasteiger partial charge in [0.2, 0.25) is 0 Å². The summed E-state index contributed by atoms with van der Waals surface area (Å²) in [4.78, 5) is 0. The third kappa shape index (κ3) is 15.8. The first-order valence-electron chi connectivity index (χ1n) is 5.95. The summed E-state index contributed by atoms with van der Waals surface area (Å²) in [5.74, 6) is 0. The molecule has 0 unspecified atom stereocenters. The number of aliphatic hydroxyl groups is 1. The fraction of sp³-hybridized carbons (Fsp3) is 1.00. The van der Waals surface area contributed by atoms with Crippen molar-refractivity contribution >= 4 is 0 Å². The molecule has 0 heterocycles. The minimum Gasteiger partial charge on any atom is -0.395 e. The molecule has 0 amide bonds. The van der Waals surface area contributed by atoms with E-state index in [0.717, 1.165) is 6.54 Å². The van der Waals surface area contributed by atoms with Crippen LogP contribution in [0.1, 0.15) is 0 Å². The summed E-state index contributed by atoms with van der Waals surface area (Å²) in [6.45, 7) is 5.69. The van der Waals surface area contributed by atoms with Crippen molar-refractivity contribution in [3.8, 4) is 0 Å². The van der Waals surface area contributed by atoms with Crippen molar-refractivity contribution < 1.29 is 24.1 Å². The van der Waals surface area contributed by atoms with E-state index in [2.05, 4.69) is 5.32 Å². The Bertz CT molecular complexity index is 123. The van der Waals surface area contributed by atoms with E-state index >= 15 is 0 Å². The zero-order chi connectivity index (χ0) is 12.6. The lowest BCUT2D eigenvalue weighted by Gasteiger charge is -2.07. The summed E-state index contributed by atoms with van der Waals surface area (Å²) in [7, 11) is 1.65. The maximum absolute atomic E-state index is 8.50. The zero-order valence-electron chi connectivity index (χ0n) is 10.7. The molecule has 0 fully saturated rings. The molecule has 0 saturated heterocycles. The van der Waals surface area contributed by atoms with Crippen LogP contribution in [0.2, 0.25) is 0 Å². The summed E-state index contributed by atoms with van der Waals surface area (Å²) in [6.07, 6.45) is 0. The molecule has 0 bridgehead atoms. The molecule has 0 aliphatic carbocycles. The number of hydrogen-bond donors (Lipinski definition) is 2. The van der Waals surface area contributed by atoms with Crippen LogP contribution < -0.4 is 5.32 Å². The quantitative estimate of drug-likeness (QED) is 0.397. The monoisotopic (exact) mass is 251 g/mol. The minimum absolute atomic E-state index is 0.159. The van der Waals surface area contributed by atoms with Gasteiger partial charge in [-0.1, -0.05) is 0 Å². The van der Waals surface area contributed by atoms with E-state index in [1.54, 1.807) is 7.11 Å². The Morgan fingerprint density at radius 2 is 1.29 bits per heavy atom. The molecule has 0 atom stereocenters. The maximum atomic E-state index is 8.50. The molecule has 0 aromatic carbocycles. The number of aliphatic hydroxyl groups excluding tert-OH is 1. The average molecular weight is 251 g/mol. The minimum atomic E-state index is 0.159. The van der Waals surface area contributed by atoms with Crippen LogP contribution in [-0.4, -0.2) is 78.2 Å². The number of nitrogens with one attached hydrogen (secondary N) is 1. The summed E-state index contributed by atoms with van der Waals surface area (Å²) in [6, 6.07) is 0. The molecular weight excluding hydrogens is 226 g/mol. The van der Waals surface area contributed by atoms with Crippen LogP contribution in [0.3, 0.4) is 0 Å². The van der Waals surface area contributed by atoms with Crippen molar-refractivity contribution in [2.24, 2.45) is 0 Å². The van der Waals surface area contributed by atoms with Crippen LogP contribution in [0.4, 0.5) is 0 Å². The van der Waals surface area contributed by atoms with Gasteiger partial charge in [-0.2, -0.15) is 0 Å². The van der Waals surface area contributed by atoms with Gasteiger partial charge in [-0.15, -0.1) is 0 Å². The second-order valence-corrected chi connectivity index (χ2v) is 3.30. The standard InChI is InChI=1S/C11H25NO5/c1-14-6-7-16-10-11-17-9-8-15-5-3-12-2-4-13/h12-13H,2-11H2,1H3. The Kier molecular flexibility index (Phi) is 15.5. The predicted molar refractivity (Wildman–Crippen MR) is 64.3 cm³/mol. The van der Waals surface area contributed by atoms with Gasteiger partial charge in [0.15, 0.2) is 0 Å². The smallest absolute Gasteiger partial charge is 0.0701 e. The molecule has 6 heteroatoms. The maximum Gasteiger partial charge on any atom is 0.0701 e. The fourth-order valence-electron chi connectivity index (χ4n) is 1.03. The molecule has 6 nitrogen and oxygen atoms in total. The Labute approximate surface area is 103 Å². The van der Waals surface area contributed by atoms with Gasteiger partial charge in [0.25, 0.3) is 0 Å². The fourth-order valence-corrected chi connectivity index (χ4v) is 1.03. The number of ether oxygens (including phenoxy) is 4. The van der Waals surface area contributed by atoms with Crippen LogP contribution in [0.15, 0.2) is 0 Å². The summed E-state index contributed by atoms with van der Waals surface area (Å²) in [5.41, 5.74) is 0. The Morgan fingerprint density at radius 3 is 1.82 bits per heavy atom. The van der Waals surface area contributed by atoms with E-state index in [1.165, 1.54) is 0 Å². The Morgan fingerprint density at radius 1 is 0.765 bits per heavy atom. The normalized spacial score (nSPS) is 10.9. The van der Waals surface area contributed by atoms with Gasteiger partial charge in [-0.25, -0.2) is 0 Å². The van der Waals surface area contributed by atoms with Gasteiger partial charge in [-0.3, -0.25) is 0 Å². The van der Waals surface area contributed by atoms with Crippen LogP contribution in [0, 0.1) is 0 Å². The molecule has 0 spiro atoms. The second-order valence-electron chi connectivity index (χ2n) is 3.30. The second kappa shape index (κ2) is 15.8. The highest BCUT2D eigenvalue weighted by atomic mass is 16.6. The van der Waals surface area contributed by atoms with Gasteiger partial charge < -0.3 is 29.4 Å². The third-order valence-electron chi connectivity index (χ3n) is 1.89. The lowest BCUT2D eigenvalue weighted by Crippen LogP contribution is -2.23. The van der Waals surface area contributed by atoms with E-state index < -0.39 is 0 Å². The van der Waals surface area contributed by atoms with Gasteiger partial charge in [0.1, 0.15) is 0 Å². The molecule has 0 aliphatic heterocycles. The molecule has 0 aromatic heterocycles. The number of hydrogen-bond acceptors (Lipinski definition) is 6. The summed E-state index contributed by atoms with van der Waals surface area (Å²) < 4.78 is 20.6. The van der Waals surface area contributed by atoms with Crippen molar-refractivity contribution in [1.29, 1.82) is 0 Å². The Hall–Kier alpha value is -0.240. The van der Waals surface area contributed by atoms with Crippen molar-refractivity contribution in [3.63, 3.8) is 0 Å². The molecule has 104 valence electrons. The predicted octanol–water partition coefficient (Wildman–Crippen LogP) is -0.735. The molecule has 17 heavy (non-hydrogen) atoms. The number of rotatable bonds is 14. The first kappa shape index (κ1) is 16.8. The highest BCUT2D eigenvalue weighted by Gasteiger charge is 1.91. The molecule has 0 aliphatic rings. The molecule has 0 rings (SSSR count). The molecule has 0 radical (unpaired) electrons. The van der Waals surface area contributed by atoms with E-state index in [9.17, 15) is 0 Å². The van der Waals surface area contributed by atoms with Crippen molar-refractivity contribution in [2.45, 2.75) is 0 Å². The van der Waals surface area contributed by atoms with Crippen molar-refractivity contribution in [2.75, 3.05) is 73.1 Å². The molecular formula is C11H25NO5. The zero-order valence-corrected chi connectivity index (χ0v) is 10.7. The lowest BCUT2D eigenvalue weighted by atomic mass is 10.6. The van der Waals surface area contributed by atoms with Crippen LogP contribution in [-0.2, 0) is 18.9 Å². The summed E-state index contributed by atoms with van der Waals surface area (Å²) >= 11 is 0. The number of methoxy groups -OCH3 is 1. The SMILES string of the molecule is COCCOCCOCCOCCNCCO. The Balaban J connectivity index is 2.85. The lowest BCUT2D eigenvalue weighted by molar-refractivity contribution is 0.00406. The topological polar surface area (TPSA) is 69.2 Å². The highest BCUT2D eigenvalue weighted by Crippen LogP contribution is 1.81. The molecule has 0 saturated carbocycles. The van der Waals surface area contributed by atoms with E-state index in [-0.39, 0.29) is 6.61 Å². The van der Waals surface area contributed by atoms with Gasteiger partial charge >= 0.3 is 0 Å². The van der Waals surface area contributed by atoms with Crippen LogP contribution in [0.5, 0.6) is 0 Å². The van der Waals surface area contributed by atoms with Crippen molar-refractivity contribution in [3.05, 3.63) is 0 Å². The highest BCUT2D eigenvalue weighted by molar-refractivity contribution is 4.43. The first-order chi connectivity index (χ1) is 8.41. The van der Waals surface area contributed by atoms with E-state index in [1.807, 2.05) is 0 Å². The van der Waals surface area contributed by atoms with E-state index in [4.69, 9.17) is 24.1 Å².